The van der Waals surface area contributed by atoms with Crippen molar-refractivity contribution in [2.45, 2.75) is 18.6 Å². The molecule has 106 valence electrons. The lowest BCUT2D eigenvalue weighted by Crippen LogP contribution is -2.03. The molecular weight excluding hydrogens is 276 g/mol. The van der Waals surface area contributed by atoms with Gasteiger partial charge in [0.1, 0.15) is 5.75 Å². The van der Waals surface area contributed by atoms with Gasteiger partial charge >= 0.3 is 5.97 Å². The molecular formula is C14H16N2O3S. The molecule has 0 unspecified atom stereocenters. The summed E-state index contributed by atoms with van der Waals surface area (Å²) in [5.74, 6) is -0.0123. The molecule has 0 saturated heterocycles. The molecule has 1 N–H and O–H groups in total. The van der Waals surface area contributed by atoms with Gasteiger partial charge in [0, 0.05) is 12.7 Å². The van der Waals surface area contributed by atoms with E-state index in [0.717, 1.165) is 22.2 Å². The van der Waals surface area contributed by atoms with Gasteiger partial charge in [-0.3, -0.25) is 4.79 Å². The molecule has 1 heterocycles. The van der Waals surface area contributed by atoms with Crippen molar-refractivity contribution in [1.82, 2.24) is 9.55 Å². The number of aliphatic carboxylic acids is 1. The molecule has 0 amide bonds. The molecule has 0 spiro atoms. The molecule has 20 heavy (non-hydrogen) atoms. The predicted octanol–water partition coefficient (Wildman–Crippen LogP) is 2.43. The number of nitrogens with zero attached hydrogens (tertiary/aromatic N) is 2. The Morgan fingerprint density at radius 1 is 1.40 bits per heavy atom. The number of aromatic nitrogens is 2. The zero-order valence-electron chi connectivity index (χ0n) is 11.4. The molecule has 0 saturated carbocycles. The van der Waals surface area contributed by atoms with Crippen molar-refractivity contribution in [3.63, 3.8) is 0 Å². The number of carbonyl (C=O) groups is 1. The maximum Gasteiger partial charge on any atom is 0.313 e. The summed E-state index contributed by atoms with van der Waals surface area (Å²) in [7, 11) is 1.63. The topological polar surface area (TPSA) is 64.4 Å². The molecule has 1 aromatic heterocycles. The first kappa shape index (κ1) is 14.5. The van der Waals surface area contributed by atoms with E-state index in [1.165, 1.54) is 11.8 Å². The lowest BCUT2D eigenvalue weighted by molar-refractivity contribution is -0.133. The summed E-state index contributed by atoms with van der Waals surface area (Å²) in [6, 6.07) is 7.78. The summed E-state index contributed by atoms with van der Waals surface area (Å²) < 4.78 is 7.09. The Morgan fingerprint density at radius 3 is 2.70 bits per heavy atom. The minimum atomic E-state index is -0.841. The second kappa shape index (κ2) is 6.47. The molecule has 6 heteroatoms. The highest BCUT2D eigenvalue weighted by Crippen LogP contribution is 2.20. The van der Waals surface area contributed by atoms with Crippen molar-refractivity contribution < 1.29 is 14.6 Å². The fourth-order valence-electron chi connectivity index (χ4n) is 1.81. The highest BCUT2D eigenvalue weighted by atomic mass is 32.2. The van der Waals surface area contributed by atoms with Gasteiger partial charge in [0.05, 0.1) is 18.6 Å². The van der Waals surface area contributed by atoms with Gasteiger partial charge in [-0.2, -0.15) is 0 Å². The Balaban J connectivity index is 2.12. The van der Waals surface area contributed by atoms with E-state index >= 15 is 0 Å². The third kappa shape index (κ3) is 3.77. The third-order valence-corrected chi connectivity index (χ3v) is 3.67. The van der Waals surface area contributed by atoms with Gasteiger partial charge in [-0.1, -0.05) is 23.9 Å². The number of ether oxygens (including phenoxy) is 1. The van der Waals surface area contributed by atoms with Crippen LogP contribution in [0.25, 0.3) is 0 Å². The Kier molecular flexibility index (Phi) is 4.68. The van der Waals surface area contributed by atoms with Crippen LogP contribution in [-0.4, -0.2) is 33.5 Å². The lowest BCUT2D eigenvalue weighted by Gasteiger charge is -2.07. The Bertz CT molecular complexity index is 593. The SMILES string of the molecule is COc1ccc(Cn2cc(C)nc2SCC(=O)O)cc1. The number of carboxylic acid groups (broad SMARTS) is 1. The van der Waals surface area contributed by atoms with Gasteiger partial charge in [0.25, 0.3) is 0 Å². The fourth-order valence-corrected chi connectivity index (χ4v) is 2.55. The number of hydrogen-bond acceptors (Lipinski definition) is 4. The minimum Gasteiger partial charge on any atom is -0.497 e. The van der Waals surface area contributed by atoms with Gasteiger partial charge in [0.2, 0.25) is 0 Å². The number of imidazole rings is 1. The highest BCUT2D eigenvalue weighted by Gasteiger charge is 2.09. The average Bonchev–Trinajstić information content (AvgIpc) is 2.77. The van der Waals surface area contributed by atoms with Gasteiger partial charge in [-0.25, -0.2) is 4.98 Å². The zero-order valence-corrected chi connectivity index (χ0v) is 12.2. The van der Waals surface area contributed by atoms with E-state index in [-0.39, 0.29) is 5.75 Å². The summed E-state index contributed by atoms with van der Waals surface area (Å²) in [5, 5.41) is 9.47. The smallest absolute Gasteiger partial charge is 0.313 e. The van der Waals surface area contributed by atoms with E-state index in [9.17, 15) is 4.79 Å². The number of methoxy groups -OCH3 is 1. The van der Waals surface area contributed by atoms with E-state index in [0.29, 0.717) is 6.54 Å². The molecule has 0 fully saturated rings. The summed E-state index contributed by atoms with van der Waals surface area (Å²) in [6.07, 6.45) is 1.93. The van der Waals surface area contributed by atoms with E-state index in [1.54, 1.807) is 7.11 Å². The fraction of sp³-hybridized carbons (Fsp3) is 0.286. The van der Waals surface area contributed by atoms with Crippen molar-refractivity contribution >= 4 is 17.7 Å². The van der Waals surface area contributed by atoms with Gasteiger partial charge < -0.3 is 14.4 Å². The maximum absolute atomic E-state index is 10.6. The summed E-state index contributed by atoms with van der Waals surface area (Å²) in [5.41, 5.74) is 1.99. The largest absolute Gasteiger partial charge is 0.497 e. The Morgan fingerprint density at radius 2 is 2.10 bits per heavy atom. The van der Waals surface area contributed by atoms with E-state index in [2.05, 4.69) is 4.98 Å². The van der Waals surface area contributed by atoms with Crippen LogP contribution >= 0.6 is 11.8 Å². The molecule has 0 radical (unpaired) electrons. The number of aryl methyl sites for hydroxylation is 1. The second-order valence-corrected chi connectivity index (χ2v) is 5.27. The molecule has 0 bridgehead atoms. The first-order valence-corrected chi connectivity index (χ1v) is 7.08. The Hall–Kier alpha value is -1.95. The first-order valence-electron chi connectivity index (χ1n) is 6.10. The van der Waals surface area contributed by atoms with Crippen LogP contribution < -0.4 is 4.74 Å². The molecule has 0 aliphatic rings. The number of benzene rings is 1. The monoisotopic (exact) mass is 292 g/mol. The number of thioether (sulfide) groups is 1. The molecule has 2 rings (SSSR count). The number of rotatable bonds is 6. The van der Waals surface area contributed by atoms with Crippen molar-refractivity contribution in [2.75, 3.05) is 12.9 Å². The third-order valence-electron chi connectivity index (χ3n) is 2.70. The number of carboxylic acids is 1. The molecule has 0 atom stereocenters. The van der Waals surface area contributed by atoms with Crippen LogP contribution in [0.1, 0.15) is 11.3 Å². The lowest BCUT2D eigenvalue weighted by atomic mass is 10.2. The van der Waals surface area contributed by atoms with E-state index in [4.69, 9.17) is 9.84 Å². The summed E-state index contributed by atoms with van der Waals surface area (Å²) in [4.78, 5) is 15.0. The van der Waals surface area contributed by atoms with Crippen molar-refractivity contribution in [2.24, 2.45) is 0 Å². The van der Waals surface area contributed by atoms with Crippen LogP contribution in [0.4, 0.5) is 0 Å². The van der Waals surface area contributed by atoms with Gasteiger partial charge in [-0.05, 0) is 24.6 Å². The molecule has 0 aliphatic carbocycles. The van der Waals surface area contributed by atoms with E-state index < -0.39 is 5.97 Å². The van der Waals surface area contributed by atoms with Crippen molar-refractivity contribution in [3.8, 4) is 5.75 Å². The predicted molar refractivity (Wildman–Crippen MR) is 77.4 cm³/mol. The van der Waals surface area contributed by atoms with Crippen LogP contribution in [-0.2, 0) is 11.3 Å². The normalized spacial score (nSPS) is 10.5. The molecule has 0 aliphatic heterocycles. The molecule has 1 aromatic carbocycles. The summed E-state index contributed by atoms with van der Waals surface area (Å²) in [6.45, 7) is 2.56. The van der Waals surface area contributed by atoms with Crippen LogP contribution in [0.5, 0.6) is 5.75 Å². The minimum absolute atomic E-state index is 0.0130. The van der Waals surface area contributed by atoms with Crippen LogP contribution in [0.2, 0.25) is 0 Å². The van der Waals surface area contributed by atoms with Crippen molar-refractivity contribution in [3.05, 3.63) is 41.7 Å². The highest BCUT2D eigenvalue weighted by molar-refractivity contribution is 7.99. The average molecular weight is 292 g/mol. The van der Waals surface area contributed by atoms with Crippen molar-refractivity contribution in [1.29, 1.82) is 0 Å². The second-order valence-electron chi connectivity index (χ2n) is 4.32. The van der Waals surface area contributed by atoms with Crippen LogP contribution in [0.15, 0.2) is 35.6 Å². The Labute approximate surface area is 121 Å². The standard InChI is InChI=1S/C14H16N2O3S/c1-10-7-16(14(15-10)20-9-13(17)18)8-11-3-5-12(19-2)6-4-11/h3-7H,8-9H2,1-2H3,(H,17,18). The van der Waals surface area contributed by atoms with Crippen LogP contribution in [0.3, 0.4) is 0 Å². The quantitative estimate of drug-likeness (QED) is 0.828. The van der Waals surface area contributed by atoms with Crippen LogP contribution in [0, 0.1) is 6.92 Å². The first-order chi connectivity index (χ1) is 9.58. The summed E-state index contributed by atoms with van der Waals surface area (Å²) >= 11 is 1.23. The maximum atomic E-state index is 10.6. The zero-order chi connectivity index (χ0) is 14.5. The number of hydrogen-bond donors (Lipinski definition) is 1. The molecule has 2 aromatic rings. The van der Waals surface area contributed by atoms with Gasteiger partial charge in [-0.15, -0.1) is 0 Å². The van der Waals surface area contributed by atoms with Gasteiger partial charge in [0.15, 0.2) is 5.16 Å². The van der Waals surface area contributed by atoms with E-state index in [1.807, 2.05) is 42.0 Å². The molecule has 5 nitrogen and oxygen atoms in total.